The van der Waals surface area contributed by atoms with Crippen LogP contribution < -0.4 is 14.8 Å². The van der Waals surface area contributed by atoms with Crippen LogP contribution in [-0.2, 0) is 10.0 Å². The van der Waals surface area contributed by atoms with Gasteiger partial charge in [-0.3, -0.25) is 9.52 Å². The molecule has 0 aliphatic carbocycles. The fourth-order valence-corrected chi connectivity index (χ4v) is 2.87. The number of hydrogen-bond acceptors (Lipinski definition) is 4. The topological polar surface area (TPSA) is 84.5 Å². The Balaban J connectivity index is 2.20. The summed E-state index contributed by atoms with van der Waals surface area (Å²) in [6.07, 6.45) is 1.09. The van der Waals surface area contributed by atoms with Crippen molar-refractivity contribution in [2.24, 2.45) is 0 Å². The first-order valence-corrected chi connectivity index (χ1v) is 9.21. The third-order valence-electron chi connectivity index (χ3n) is 3.40. The van der Waals surface area contributed by atoms with Gasteiger partial charge >= 0.3 is 0 Å². The van der Waals surface area contributed by atoms with Crippen LogP contribution in [0.1, 0.15) is 28.9 Å². The number of methoxy groups -OCH3 is 1. The molecule has 2 aromatic carbocycles. The first-order chi connectivity index (χ1) is 11.3. The minimum absolute atomic E-state index is 0.268. The van der Waals surface area contributed by atoms with E-state index < -0.39 is 10.0 Å². The van der Waals surface area contributed by atoms with E-state index in [1.54, 1.807) is 55.5 Å². The first kappa shape index (κ1) is 17.8. The number of rotatable bonds is 6. The van der Waals surface area contributed by atoms with E-state index in [-0.39, 0.29) is 11.9 Å². The van der Waals surface area contributed by atoms with Crippen LogP contribution >= 0.6 is 0 Å². The number of para-hydroxylation sites is 1. The smallest absolute Gasteiger partial charge is 0.251 e. The second kappa shape index (κ2) is 7.35. The predicted molar refractivity (Wildman–Crippen MR) is 93.8 cm³/mol. The third kappa shape index (κ3) is 4.73. The lowest BCUT2D eigenvalue weighted by molar-refractivity contribution is 0.0939. The number of carbonyl (C=O) groups excluding carboxylic acids is 1. The molecule has 0 fully saturated rings. The maximum Gasteiger partial charge on any atom is 0.251 e. The minimum Gasteiger partial charge on any atom is -0.497 e. The Bertz CT molecular complexity index is 834. The van der Waals surface area contributed by atoms with Gasteiger partial charge in [0.2, 0.25) is 10.0 Å². The molecule has 24 heavy (non-hydrogen) atoms. The number of carbonyl (C=O) groups is 1. The average molecular weight is 348 g/mol. The molecule has 1 amide bonds. The molecule has 0 saturated heterocycles. The number of nitrogens with one attached hydrogen (secondary N) is 2. The van der Waals surface area contributed by atoms with Crippen LogP contribution in [0, 0.1) is 0 Å². The first-order valence-electron chi connectivity index (χ1n) is 7.32. The largest absolute Gasteiger partial charge is 0.497 e. The monoisotopic (exact) mass is 348 g/mol. The van der Waals surface area contributed by atoms with Crippen molar-refractivity contribution in [3.63, 3.8) is 0 Å². The normalized spacial score (nSPS) is 12.3. The lowest BCUT2D eigenvalue weighted by Gasteiger charge is -2.18. The molecule has 128 valence electrons. The van der Waals surface area contributed by atoms with E-state index in [1.165, 1.54) is 7.11 Å². The van der Waals surface area contributed by atoms with Gasteiger partial charge in [-0.2, -0.15) is 0 Å². The van der Waals surface area contributed by atoms with E-state index in [4.69, 9.17) is 4.74 Å². The van der Waals surface area contributed by atoms with Gasteiger partial charge in [-0.15, -0.1) is 0 Å². The van der Waals surface area contributed by atoms with E-state index in [0.29, 0.717) is 22.6 Å². The van der Waals surface area contributed by atoms with Gasteiger partial charge < -0.3 is 10.1 Å². The molecule has 0 unspecified atom stereocenters. The van der Waals surface area contributed by atoms with Crippen molar-refractivity contribution >= 4 is 21.6 Å². The Morgan fingerprint density at radius 1 is 1.12 bits per heavy atom. The highest BCUT2D eigenvalue weighted by molar-refractivity contribution is 7.92. The zero-order valence-corrected chi connectivity index (χ0v) is 14.6. The summed E-state index contributed by atoms with van der Waals surface area (Å²) in [5.74, 6) is 0.324. The average Bonchev–Trinajstić information content (AvgIpc) is 2.53. The van der Waals surface area contributed by atoms with Crippen LogP contribution in [0.2, 0.25) is 0 Å². The highest BCUT2D eigenvalue weighted by Gasteiger charge is 2.16. The van der Waals surface area contributed by atoms with Crippen LogP contribution in [0.3, 0.4) is 0 Å². The number of benzene rings is 2. The van der Waals surface area contributed by atoms with Crippen LogP contribution in [0.25, 0.3) is 0 Å². The molecule has 7 heteroatoms. The molecule has 0 radical (unpaired) electrons. The number of anilines is 1. The summed E-state index contributed by atoms with van der Waals surface area (Å²) >= 11 is 0. The molecule has 0 saturated carbocycles. The predicted octanol–water partition coefficient (Wildman–Crippen LogP) is 2.56. The molecular formula is C17H20N2O4S. The Labute approximate surface area is 141 Å². The zero-order valence-electron chi connectivity index (χ0n) is 13.7. The van der Waals surface area contributed by atoms with E-state index in [9.17, 15) is 13.2 Å². The molecule has 2 N–H and O–H groups in total. The highest BCUT2D eigenvalue weighted by atomic mass is 32.2. The lowest BCUT2D eigenvalue weighted by Crippen LogP contribution is -2.27. The summed E-state index contributed by atoms with van der Waals surface area (Å²) in [6, 6.07) is 13.4. The van der Waals surface area contributed by atoms with Crippen molar-refractivity contribution in [1.29, 1.82) is 0 Å². The standard InChI is InChI=1S/C17H20N2O4S/c1-12(15-9-4-5-10-16(15)19-24(3,21)22)18-17(20)13-7-6-8-14(11-13)23-2/h4-12,19H,1-3H3,(H,18,20)/t12-/m0/s1. The van der Waals surface area contributed by atoms with Crippen LogP contribution in [0.5, 0.6) is 5.75 Å². The van der Waals surface area contributed by atoms with E-state index in [0.717, 1.165) is 6.26 Å². The van der Waals surface area contributed by atoms with Crippen molar-refractivity contribution in [3.05, 3.63) is 59.7 Å². The van der Waals surface area contributed by atoms with Gasteiger partial charge in [0.05, 0.1) is 25.1 Å². The molecular weight excluding hydrogens is 328 g/mol. The summed E-state index contributed by atoms with van der Waals surface area (Å²) in [5, 5.41) is 2.86. The van der Waals surface area contributed by atoms with Crippen LogP contribution in [-0.4, -0.2) is 27.7 Å². The fraction of sp³-hybridized carbons (Fsp3) is 0.235. The van der Waals surface area contributed by atoms with Gasteiger partial charge in [0.25, 0.3) is 5.91 Å². The van der Waals surface area contributed by atoms with Gasteiger partial charge in [0.1, 0.15) is 5.75 Å². The van der Waals surface area contributed by atoms with E-state index in [2.05, 4.69) is 10.0 Å². The quantitative estimate of drug-likeness (QED) is 0.840. The zero-order chi connectivity index (χ0) is 17.7. The Hall–Kier alpha value is -2.54. The maximum atomic E-state index is 12.4. The maximum absolute atomic E-state index is 12.4. The SMILES string of the molecule is COc1cccc(C(=O)N[C@@H](C)c2ccccc2NS(C)(=O)=O)c1. The molecule has 2 rings (SSSR count). The van der Waals surface area contributed by atoms with Crippen molar-refractivity contribution in [3.8, 4) is 5.75 Å². The van der Waals surface area contributed by atoms with Crippen molar-refractivity contribution < 1.29 is 17.9 Å². The lowest BCUT2D eigenvalue weighted by atomic mass is 10.1. The van der Waals surface area contributed by atoms with Crippen LogP contribution in [0.15, 0.2) is 48.5 Å². The number of hydrogen-bond donors (Lipinski definition) is 2. The van der Waals surface area contributed by atoms with Gasteiger partial charge in [-0.25, -0.2) is 8.42 Å². The number of ether oxygens (including phenoxy) is 1. The summed E-state index contributed by atoms with van der Waals surface area (Å²) < 4.78 is 30.5. The van der Waals surface area contributed by atoms with E-state index in [1.807, 2.05) is 0 Å². The summed E-state index contributed by atoms with van der Waals surface area (Å²) in [5.41, 5.74) is 1.59. The molecule has 0 spiro atoms. The van der Waals surface area contributed by atoms with Crippen molar-refractivity contribution in [1.82, 2.24) is 5.32 Å². The highest BCUT2D eigenvalue weighted by Crippen LogP contribution is 2.24. The number of amides is 1. The molecule has 0 bridgehead atoms. The number of sulfonamides is 1. The second-order valence-electron chi connectivity index (χ2n) is 5.39. The minimum atomic E-state index is -3.40. The Morgan fingerprint density at radius 2 is 1.83 bits per heavy atom. The third-order valence-corrected chi connectivity index (χ3v) is 3.99. The molecule has 6 nitrogen and oxygen atoms in total. The molecule has 2 aromatic rings. The molecule has 1 atom stereocenters. The van der Waals surface area contributed by atoms with Gasteiger partial charge in [0.15, 0.2) is 0 Å². The van der Waals surface area contributed by atoms with Crippen LogP contribution in [0.4, 0.5) is 5.69 Å². The Kier molecular flexibility index (Phi) is 5.46. The molecule has 0 aromatic heterocycles. The summed E-state index contributed by atoms with van der Waals surface area (Å²) in [4.78, 5) is 12.4. The van der Waals surface area contributed by atoms with Crippen molar-refractivity contribution in [2.75, 3.05) is 18.1 Å². The molecule has 0 heterocycles. The fourth-order valence-electron chi connectivity index (χ4n) is 2.29. The second-order valence-corrected chi connectivity index (χ2v) is 7.14. The van der Waals surface area contributed by atoms with Gasteiger partial charge in [-0.1, -0.05) is 24.3 Å². The van der Waals surface area contributed by atoms with Crippen molar-refractivity contribution in [2.45, 2.75) is 13.0 Å². The molecule has 0 aliphatic rings. The van der Waals surface area contributed by atoms with E-state index >= 15 is 0 Å². The Morgan fingerprint density at radius 3 is 2.50 bits per heavy atom. The molecule has 0 aliphatic heterocycles. The summed E-state index contributed by atoms with van der Waals surface area (Å²) in [6.45, 7) is 1.79. The van der Waals surface area contributed by atoms with Gasteiger partial charge in [-0.05, 0) is 36.8 Å². The van der Waals surface area contributed by atoms with Gasteiger partial charge in [0, 0.05) is 5.56 Å². The summed E-state index contributed by atoms with van der Waals surface area (Å²) in [7, 11) is -1.87.